The SMILES string of the molecule is CN(CCC(N)=S)C(=O)Cn1cc(F)c(=O)[nH]c1=O. The van der Waals surface area contributed by atoms with Gasteiger partial charge in [-0.1, -0.05) is 12.2 Å². The Hall–Kier alpha value is -2.03. The molecule has 19 heavy (non-hydrogen) atoms. The second-order valence-electron chi connectivity index (χ2n) is 3.90. The van der Waals surface area contributed by atoms with E-state index in [0.29, 0.717) is 19.2 Å². The van der Waals surface area contributed by atoms with Crippen LogP contribution in [0.3, 0.4) is 0 Å². The van der Waals surface area contributed by atoms with Gasteiger partial charge in [-0.2, -0.15) is 4.39 Å². The summed E-state index contributed by atoms with van der Waals surface area (Å²) in [5.41, 5.74) is 3.34. The molecule has 0 aliphatic heterocycles. The number of hydrogen-bond acceptors (Lipinski definition) is 4. The Bertz CT molecular complexity index is 610. The summed E-state index contributed by atoms with van der Waals surface area (Å²) >= 11 is 4.68. The number of aromatic nitrogens is 2. The van der Waals surface area contributed by atoms with Crippen molar-refractivity contribution in [3.05, 3.63) is 32.9 Å². The van der Waals surface area contributed by atoms with Crippen molar-refractivity contribution in [1.82, 2.24) is 14.5 Å². The van der Waals surface area contributed by atoms with Crippen LogP contribution in [0.25, 0.3) is 0 Å². The zero-order valence-corrected chi connectivity index (χ0v) is 11.0. The number of likely N-dealkylation sites (N-methyl/N-ethyl adjacent to an activating group) is 1. The molecule has 0 radical (unpaired) electrons. The fraction of sp³-hybridized carbons (Fsp3) is 0.400. The molecule has 0 fully saturated rings. The second kappa shape index (κ2) is 6.23. The van der Waals surface area contributed by atoms with Gasteiger partial charge in [0.1, 0.15) is 6.54 Å². The van der Waals surface area contributed by atoms with Crippen LogP contribution in [0.15, 0.2) is 15.8 Å². The minimum Gasteiger partial charge on any atom is -0.393 e. The molecule has 0 spiro atoms. The summed E-state index contributed by atoms with van der Waals surface area (Å²) in [5, 5.41) is 0. The van der Waals surface area contributed by atoms with E-state index in [2.05, 4.69) is 12.2 Å². The van der Waals surface area contributed by atoms with Crippen molar-refractivity contribution >= 4 is 23.1 Å². The molecule has 0 aliphatic carbocycles. The quantitative estimate of drug-likeness (QED) is 0.663. The zero-order chi connectivity index (χ0) is 14.6. The average molecular weight is 288 g/mol. The molecule has 0 aromatic carbocycles. The number of thiocarbonyl (C=S) groups is 1. The summed E-state index contributed by atoms with van der Waals surface area (Å²) in [4.78, 5) is 37.3. The number of nitrogens with zero attached hydrogens (tertiary/aromatic N) is 2. The minimum atomic E-state index is -1.13. The molecular formula is C10H13FN4O3S. The lowest BCUT2D eigenvalue weighted by molar-refractivity contribution is -0.130. The van der Waals surface area contributed by atoms with E-state index < -0.39 is 23.0 Å². The van der Waals surface area contributed by atoms with Crippen LogP contribution in [0.4, 0.5) is 4.39 Å². The maximum atomic E-state index is 13.0. The van der Waals surface area contributed by atoms with E-state index in [1.54, 1.807) is 4.98 Å². The van der Waals surface area contributed by atoms with Gasteiger partial charge < -0.3 is 10.6 Å². The fourth-order valence-corrected chi connectivity index (χ4v) is 1.36. The number of H-pyrrole nitrogens is 1. The topological polar surface area (TPSA) is 101 Å². The smallest absolute Gasteiger partial charge is 0.328 e. The van der Waals surface area contributed by atoms with E-state index in [1.807, 2.05) is 0 Å². The first-order valence-corrected chi connectivity index (χ1v) is 5.73. The van der Waals surface area contributed by atoms with Gasteiger partial charge in [0.25, 0.3) is 5.56 Å². The molecule has 0 atom stereocenters. The molecule has 0 saturated heterocycles. The van der Waals surface area contributed by atoms with Gasteiger partial charge in [-0.05, 0) is 0 Å². The number of nitrogens with two attached hydrogens (primary N) is 1. The largest absolute Gasteiger partial charge is 0.393 e. The van der Waals surface area contributed by atoms with E-state index in [-0.39, 0.29) is 11.5 Å². The van der Waals surface area contributed by atoms with Gasteiger partial charge in [-0.25, -0.2) is 4.79 Å². The van der Waals surface area contributed by atoms with Crippen LogP contribution in [0, 0.1) is 5.82 Å². The van der Waals surface area contributed by atoms with Crippen LogP contribution in [0.5, 0.6) is 0 Å². The van der Waals surface area contributed by atoms with E-state index in [0.717, 1.165) is 4.57 Å². The van der Waals surface area contributed by atoms with Crippen molar-refractivity contribution in [1.29, 1.82) is 0 Å². The third kappa shape index (κ3) is 4.28. The molecule has 1 heterocycles. The molecule has 1 aromatic heterocycles. The van der Waals surface area contributed by atoms with Gasteiger partial charge in [0, 0.05) is 20.0 Å². The highest BCUT2D eigenvalue weighted by atomic mass is 32.1. The standard InChI is InChI=1S/C10H13FN4O3S/c1-14(3-2-7(12)19)8(16)5-15-4-6(11)9(17)13-10(15)18/h4H,2-3,5H2,1H3,(H2,12,19)(H,13,17,18). The molecule has 3 N–H and O–H groups in total. The molecule has 7 nitrogen and oxygen atoms in total. The highest BCUT2D eigenvalue weighted by molar-refractivity contribution is 7.80. The van der Waals surface area contributed by atoms with E-state index in [1.165, 1.54) is 11.9 Å². The Labute approximate surface area is 112 Å². The van der Waals surface area contributed by atoms with Crippen molar-refractivity contribution in [2.45, 2.75) is 13.0 Å². The minimum absolute atomic E-state index is 0.270. The molecule has 1 amide bonds. The van der Waals surface area contributed by atoms with E-state index in [4.69, 9.17) is 5.73 Å². The highest BCUT2D eigenvalue weighted by Gasteiger charge is 2.12. The Morgan fingerprint density at radius 3 is 2.79 bits per heavy atom. The summed E-state index contributed by atoms with van der Waals surface area (Å²) < 4.78 is 13.8. The molecule has 9 heteroatoms. The normalized spacial score (nSPS) is 10.2. The van der Waals surface area contributed by atoms with Crippen LogP contribution in [-0.2, 0) is 11.3 Å². The molecule has 0 saturated carbocycles. The first-order chi connectivity index (χ1) is 8.81. The van der Waals surface area contributed by atoms with Gasteiger partial charge in [0.15, 0.2) is 0 Å². The zero-order valence-electron chi connectivity index (χ0n) is 10.2. The first-order valence-electron chi connectivity index (χ1n) is 5.33. The Morgan fingerprint density at radius 2 is 2.21 bits per heavy atom. The molecule has 104 valence electrons. The summed E-state index contributed by atoms with van der Waals surface area (Å²) in [6.07, 6.45) is 1.05. The predicted octanol–water partition coefficient (Wildman–Crippen LogP) is -1.19. The third-order valence-corrected chi connectivity index (χ3v) is 2.60. The number of carbonyl (C=O) groups is 1. The maximum Gasteiger partial charge on any atom is 0.328 e. The van der Waals surface area contributed by atoms with Crippen molar-refractivity contribution in [3.63, 3.8) is 0 Å². The van der Waals surface area contributed by atoms with Gasteiger partial charge in [0.2, 0.25) is 11.7 Å². The van der Waals surface area contributed by atoms with Crippen molar-refractivity contribution < 1.29 is 9.18 Å². The van der Waals surface area contributed by atoms with E-state index >= 15 is 0 Å². The summed E-state index contributed by atoms with van der Waals surface area (Å²) in [6.45, 7) is -0.0743. The summed E-state index contributed by atoms with van der Waals surface area (Å²) in [7, 11) is 1.51. The molecule has 0 bridgehead atoms. The highest BCUT2D eigenvalue weighted by Crippen LogP contribution is 1.93. The van der Waals surface area contributed by atoms with Gasteiger partial charge in [0.05, 0.1) is 11.2 Å². The molecule has 1 rings (SSSR count). The number of nitrogens with one attached hydrogen (secondary N) is 1. The number of halogens is 1. The monoisotopic (exact) mass is 288 g/mol. The van der Waals surface area contributed by atoms with E-state index in [9.17, 15) is 18.8 Å². The third-order valence-electron chi connectivity index (χ3n) is 2.39. The maximum absolute atomic E-state index is 13.0. The van der Waals surface area contributed by atoms with Crippen LogP contribution in [0.2, 0.25) is 0 Å². The number of hydrogen-bond donors (Lipinski definition) is 2. The van der Waals surface area contributed by atoms with Crippen LogP contribution in [-0.4, -0.2) is 38.9 Å². The predicted molar refractivity (Wildman–Crippen MR) is 70.3 cm³/mol. The Kier molecular flexibility index (Phi) is 4.93. The van der Waals surface area contributed by atoms with Gasteiger partial charge in [-0.3, -0.25) is 19.1 Å². The lowest BCUT2D eigenvalue weighted by Crippen LogP contribution is -2.38. The average Bonchev–Trinajstić information content (AvgIpc) is 2.32. The van der Waals surface area contributed by atoms with Crippen molar-refractivity contribution in [2.24, 2.45) is 5.73 Å². The van der Waals surface area contributed by atoms with Crippen LogP contribution < -0.4 is 17.0 Å². The fourth-order valence-electron chi connectivity index (χ4n) is 1.27. The second-order valence-corrected chi connectivity index (χ2v) is 4.42. The van der Waals surface area contributed by atoms with Crippen molar-refractivity contribution in [3.8, 4) is 0 Å². The lowest BCUT2D eigenvalue weighted by Gasteiger charge is -2.17. The number of aromatic amines is 1. The molecule has 1 aromatic rings. The van der Waals surface area contributed by atoms with Crippen LogP contribution >= 0.6 is 12.2 Å². The van der Waals surface area contributed by atoms with Crippen molar-refractivity contribution in [2.75, 3.05) is 13.6 Å². The Balaban J connectivity index is 2.77. The Morgan fingerprint density at radius 1 is 1.58 bits per heavy atom. The molecule has 0 unspecified atom stereocenters. The molecular weight excluding hydrogens is 275 g/mol. The number of amides is 1. The van der Waals surface area contributed by atoms with Gasteiger partial charge in [-0.15, -0.1) is 0 Å². The number of rotatable bonds is 5. The summed E-state index contributed by atoms with van der Waals surface area (Å²) in [6, 6.07) is 0. The number of carbonyl (C=O) groups excluding carboxylic acids is 1. The summed E-state index contributed by atoms with van der Waals surface area (Å²) in [5.74, 6) is -1.55. The first kappa shape index (κ1) is 15.0. The molecule has 0 aliphatic rings. The van der Waals surface area contributed by atoms with Gasteiger partial charge >= 0.3 is 5.69 Å². The lowest BCUT2D eigenvalue weighted by atomic mass is 10.4. The van der Waals surface area contributed by atoms with Crippen LogP contribution in [0.1, 0.15) is 6.42 Å².